The number of thioether (sulfide) groups is 1. The second-order valence-corrected chi connectivity index (χ2v) is 3.49. The molecule has 0 spiro atoms. The van der Waals surface area contributed by atoms with Crippen molar-refractivity contribution in [2.75, 3.05) is 18.1 Å². The Kier molecular flexibility index (Phi) is 7.44. The van der Waals surface area contributed by atoms with E-state index in [1.807, 2.05) is 0 Å². The first-order valence-electron chi connectivity index (χ1n) is 3.98. The number of carboxylic acids is 1. The van der Waals surface area contributed by atoms with Crippen molar-refractivity contribution in [1.82, 2.24) is 5.32 Å². The molecule has 3 nitrogen and oxygen atoms in total. The van der Waals surface area contributed by atoms with Crippen LogP contribution in [0, 0.1) is 0 Å². The molecule has 0 saturated heterocycles. The van der Waals surface area contributed by atoms with Crippen LogP contribution in [0.1, 0.15) is 0 Å². The molecule has 0 heterocycles. The van der Waals surface area contributed by atoms with Crippen LogP contribution in [0.5, 0.6) is 0 Å². The largest absolute Gasteiger partial charge is 0.480 e. The SMILES string of the molecule is C=CCN[C@@H](CSCC=C)C(=O)O. The summed E-state index contributed by atoms with van der Waals surface area (Å²) >= 11 is 1.54. The van der Waals surface area contributed by atoms with E-state index >= 15 is 0 Å². The molecule has 74 valence electrons. The first kappa shape index (κ1) is 12.3. The summed E-state index contributed by atoms with van der Waals surface area (Å²) in [5.41, 5.74) is 0. The van der Waals surface area contributed by atoms with Gasteiger partial charge in [0.2, 0.25) is 0 Å². The van der Waals surface area contributed by atoms with Crippen molar-refractivity contribution in [3.8, 4) is 0 Å². The van der Waals surface area contributed by atoms with E-state index < -0.39 is 12.0 Å². The highest BCUT2D eigenvalue weighted by atomic mass is 32.2. The molecule has 0 bridgehead atoms. The molecule has 0 radical (unpaired) electrons. The molecule has 13 heavy (non-hydrogen) atoms. The summed E-state index contributed by atoms with van der Waals surface area (Å²) in [4.78, 5) is 10.7. The molecule has 0 aliphatic carbocycles. The van der Waals surface area contributed by atoms with E-state index in [4.69, 9.17) is 5.11 Å². The van der Waals surface area contributed by atoms with Crippen molar-refractivity contribution in [3.05, 3.63) is 25.3 Å². The van der Waals surface area contributed by atoms with E-state index in [0.29, 0.717) is 12.3 Å². The standard InChI is InChI=1S/C9H15NO2S/c1-3-5-10-8(9(11)12)7-13-6-4-2/h3-4,8,10H,1-2,5-7H2,(H,11,12)/t8-/m0/s1. The molecule has 4 heteroatoms. The van der Waals surface area contributed by atoms with E-state index in [9.17, 15) is 4.79 Å². The van der Waals surface area contributed by atoms with Crippen molar-refractivity contribution < 1.29 is 9.90 Å². The Morgan fingerprint density at radius 2 is 2.23 bits per heavy atom. The fourth-order valence-corrected chi connectivity index (χ4v) is 1.51. The summed E-state index contributed by atoms with van der Waals surface area (Å²) in [7, 11) is 0. The zero-order valence-corrected chi connectivity index (χ0v) is 8.35. The predicted molar refractivity (Wildman–Crippen MR) is 57.1 cm³/mol. The molecule has 0 aromatic carbocycles. The first-order valence-corrected chi connectivity index (χ1v) is 5.13. The van der Waals surface area contributed by atoms with Gasteiger partial charge >= 0.3 is 5.97 Å². The maximum Gasteiger partial charge on any atom is 0.321 e. The molecule has 1 atom stereocenters. The molecule has 0 unspecified atom stereocenters. The fourth-order valence-electron chi connectivity index (χ4n) is 0.712. The van der Waals surface area contributed by atoms with E-state index in [1.54, 1.807) is 23.9 Å². The molecule has 0 aliphatic rings. The van der Waals surface area contributed by atoms with Gasteiger partial charge in [0.15, 0.2) is 0 Å². The number of carbonyl (C=O) groups is 1. The lowest BCUT2D eigenvalue weighted by Gasteiger charge is -2.11. The minimum absolute atomic E-state index is 0.497. The normalized spacial score (nSPS) is 12.0. The van der Waals surface area contributed by atoms with Gasteiger partial charge in [0, 0.05) is 18.1 Å². The molecular weight excluding hydrogens is 186 g/mol. The highest BCUT2D eigenvalue weighted by Gasteiger charge is 2.14. The summed E-state index contributed by atoms with van der Waals surface area (Å²) in [5.74, 6) is 0.507. The Morgan fingerprint density at radius 3 is 2.69 bits per heavy atom. The summed E-state index contributed by atoms with van der Waals surface area (Å²) < 4.78 is 0. The van der Waals surface area contributed by atoms with Gasteiger partial charge in [0.05, 0.1) is 0 Å². The van der Waals surface area contributed by atoms with Crippen LogP contribution in [0.15, 0.2) is 25.3 Å². The third-order valence-corrected chi connectivity index (χ3v) is 2.37. The third kappa shape index (κ3) is 6.42. The smallest absolute Gasteiger partial charge is 0.321 e. The highest BCUT2D eigenvalue weighted by molar-refractivity contribution is 7.99. The predicted octanol–water partition coefficient (Wildman–Crippen LogP) is 1.13. The van der Waals surface area contributed by atoms with Crippen molar-refractivity contribution >= 4 is 17.7 Å². The van der Waals surface area contributed by atoms with E-state index in [-0.39, 0.29) is 0 Å². The number of hydrogen-bond acceptors (Lipinski definition) is 3. The molecule has 0 amide bonds. The van der Waals surface area contributed by atoms with Crippen LogP contribution in [0.3, 0.4) is 0 Å². The number of rotatable bonds is 8. The Labute approximate surface area is 82.9 Å². The number of nitrogens with one attached hydrogen (secondary N) is 1. The van der Waals surface area contributed by atoms with Crippen LogP contribution >= 0.6 is 11.8 Å². The molecular formula is C9H15NO2S. The monoisotopic (exact) mass is 201 g/mol. The fraction of sp³-hybridized carbons (Fsp3) is 0.444. The highest BCUT2D eigenvalue weighted by Crippen LogP contribution is 2.02. The quantitative estimate of drug-likeness (QED) is 0.456. The molecule has 0 aromatic heterocycles. The summed E-state index contributed by atoms with van der Waals surface area (Å²) in [6.07, 6.45) is 3.41. The van der Waals surface area contributed by atoms with Crippen LogP contribution in [0.2, 0.25) is 0 Å². The molecule has 0 fully saturated rings. The lowest BCUT2D eigenvalue weighted by Crippen LogP contribution is -2.38. The molecule has 0 aliphatic heterocycles. The van der Waals surface area contributed by atoms with Crippen molar-refractivity contribution in [1.29, 1.82) is 0 Å². The molecule has 2 N–H and O–H groups in total. The maximum atomic E-state index is 10.7. The lowest BCUT2D eigenvalue weighted by molar-refractivity contribution is -0.138. The van der Waals surface area contributed by atoms with Gasteiger partial charge in [-0.2, -0.15) is 11.8 Å². The van der Waals surface area contributed by atoms with E-state index in [0.717, 1.165) is 5.75 Å². The van der Waals surface area contributed by atoms with Crippen LogP contribution in [-0.2, 0) is 4.79 Å². The van der Waals surface area contributed by atoms with Crippen molar-refractivity contribution in [2.24, 2.45) is 0 Å². The van der Waals surface area contributed by atoms with Crippen LogP contribution < -0.4 is 5.32 Å². The van der Waals surface area contributed by atoms with Gasteiger partial charge < -0.3 is 10.4 Å². The lowest BCUT2D eigenvalue weighted by atomic mass is 10.3. The molecule has 0 rings (SSSR count). The zero-order chi connectivity index (χ0) is 10.1. The van der Waals surface area contributed by atoms with Gasteiger partial charge in [-0.25, -0.2) is 0 Å². The van der Waals surface area contributed by atoms with E-state index in [1.165, 1.54) is 0 Å². The van der Waals surface area contributed by atoms with Crippen LogP contribution in [0.4, 0.5) is 0 Å². The number of hydrogen-bond donors (Lipinski definition) is 2. The Balaban J connectivity index is 3.72. The van der Waals surface area contributed by atoms with Gasteiger partial charge in [-0.3, -0.25) is 4.79 Å². The minimum Gasteiger partial charge on any atom is -0.480 e. The van der Waals surface area contributed by atoms with Crippen molar-refractivity contribution in [2.45, 2.75) is 6.04 Å². The van der Waals surface area contributed by atoms with Crippen LogP contribution in [-0.4, -0.2) is 35.2 Å². The van der Waals surface area contributed by atoms with Gasteiger partial charge in [0.1, 0.15) is 6.04 Å². The summed E-state index contributed by atoms with van der Waals surface area (Å²) in [6, 6.07) is -0.497. The average Bonchev–Trinajstić information content (AvgIpc) is 2.10. The van der Waals surface area contributed by atoms with Crippen LogP contribution in [0.25, 0.3) is 0 Å². The average molecular weight is 201 g/mol. The Bertz CT molecular complexity index is 182. The molecule has 0 saturated carbocycles. The Hall–Kier alpha value is -0.740. The van der Waals surface area contributed by atoms with Crippen molar-refractivity contribution in [3.63, 3.8) is 0 Å². The van der Waals surface area contributed by atoms with Gasteiger partial charge in [-0.1, -0.05) is 12.2 Å². The zero-order valence-electron chi connectivity index (χ0n) is 7.53. The van der Waals surface area contributed by atoms with E-state index in [2.05, 4.69) is 18.5 Å². The second-order valence-electron chi connectivity index (χ2n) is 2.41. The topological polar surface area (TPSA) is 49.3 Å². The van der Waals surface area contributed by atoms with Gasteiger partial charge in [0.25, 0.3) is 0 Å². The third-order valence-electron chi connectivity index (χ3n) is 1.33. The van der Waals surface area contributed by atoms with Gasteiger partial charge in [-0.15, -0.1) is 13.2 Å². The van der Waals surface area contributed by atoms with Gasteiger partial charge in [-0.05, 0) is 0 Å². The first-order chi connectivity index (χ1) is 6.22. The second kappa shape index (κ2) is 7.89. The summed E-state index contributed by atoms with van der Waals surface area (Å²) in [6.45, 7) is 7.59. The minimum atomic E-state index is -0.821. The Morgan fingerprint density at radius 1 is 1.54 bits per heavy atom. The summed E-state index contributed by atoms with van der Waals surface area (Å²) in [5, 5.41) is 11.6. The maximum absolute atomic E-state index is 10.7. The molecule has 0 aromatic rings. The number of carboxylic acid groups (broad SMARTS) is 1. The number of aliphatic carboxylic acids is 1.